The summed E-state index contributed by atoms with van der Waals surface area (Å²) < 4.78 is 15.8. The van der Waals surface area contributed by atoms with E-state index in [1.54, 1.807) is 0 Å². The quantitative estimate of drug-likeness (QED) is 0.446. The summed E-state index contributed by atoms with van der Waals surface area (Å²) >= 11 is 0. The summed E-state index contributed by atoms with van der Waals surface area (Å²) in [6.07, 6.45) is 2.11. The summed E-state index contributed by atoms with van der Waals surface area (Å²) in [6, 6.07) is 0. The zero-order valence-corrected chi connectivity index (χ0v) is 2.94. The van der Waals surface area contributed by atoms with E-state index in [0.29, 0.717) is 0 Å². The first kappa shape index (κ1) is 3.33. The third-order valence-corrected chi connectivity index (χ3v) is 0.436. The maximum atomic E-state index is 11.5. The van der Waals surface area contributed by atoms with Gasteiger partial charge in [0, 0.05) is 0 Å². The van der Waals surface area contributed by atoms with E-state index in [1.165, 1.54) is 0 Å². The molecule has 3 heteroatoms. The minimum absolute atomic E-state index is 0.380. The molecule has 0 aromatic carbocycles. The normalized spacial score (nSPS) is 8.83. The monoisotopic (exact) mass is 88.0 g/mol. The van der Waals surface area contributed by atoms with E-state index in [-0.39, 0.29) is 5.82 Å². The number of halogens is 1. The van der Waals surface area contributed by atoms with E-state index >= 15 is 0 Å². The maximum Gasteiger partial charge on any atom is 0.252 e. The zero-order valence-electron chi connectivity index (χ0n) is 2.94. The first-order chi connectivity index (χ1) is 2.89. The zero-order chi connectivity index (χ0) is 4.41. The Labute approximate surface area is 33.6 Å². The minimum Gasteiger partial charge on any atom is -0.244 e. The van der Waals surface area contributed by atoms with Gasteiger partial charge in [0.2, 0.25) is 12.1 Å². The molecule has 0 unspecified atom stereocenters. The lowest BCUT2D eigenvalue weighted by Gasteiger charge is -1.49. The summed E-state index contributed by atoms with van der Waals surface area (Å²) in [5, 5.41) is 2.18. The lowest BCUT2D eigenvalue weighted by molar-refractivity contribution is -0.609. The fourth-order valence-electron chi connectivity index (χ4n) is 0.215. The molecule has 1 N–H and O–H groups in total. The molecule has 0 saturated heterocycles. The van der Waals surface area contributed by atoms with Crippen molar-refractivity contribution in [2.24, 2.45) is 0 Å². The van der Waals surface area contributed by atoms with Crippen LogP contribution in [0.1, 0.15) is 0 Å². The summed E-state index contributed by atoms with van der Waals surface area (Å²) in [6.45, 7) is 0. The Balaban J connectivity index is 3.05. The first-order valence-electron chi connectivity index (χ1n) is 1.49. The number of hydrogen-bond acceptors (Lipinski definition) is 1. The molecule has 0 spiro atoms. The molecule has 0 radical (unpaired) electrons. The van der Waals surface area contributed by atoms with Crippen molar-refractivity contribution in [1.82, 2.24) is 0 Å². The van der Waals surface area contributed by atoms with Gasteiger partial charge in [0.1, 0.15) is 0 Å². The topological polar surface area (TPSA) is 27.3 Å². The second-order valence-corrected chi connectivity index (χ2v) is 0.883. The highest BCUT2D eigenvalue weighted by Crippen LogP contribution is 1.84. The molecular weight excluding hydrogens is 85.0 g/mol. The van der Waals surface area contributed by atoms with Crippen molar-refractivity contribution in [3.05, 3.63) is 18.3 Å². The summed E-state index contributed by atoms with van der Waals surface area (Å²) in [4.78, 5) is 0. The van der Waals surface area contributed by atoms with Crippen molar-refractivity contribution in [2.75, 3.05) is 0 Å². The number of aromatic amines is 1. The highest BCUT2D eigenvalue weighted by molar-refractivity contribution is 4.70. The predicted octanol–water partition coefficient (Wildman–Crippen LogP) is 0.233. The summed E-state index contributed by atoms with van der Waals surface area (Å²) in [5.74, 6) is -0.380. The van der Waals surface area contributed by atoms with Crippen molar-refractivity contribution in [3.63, 3.8) is 0 Å². The molecule has 32 valence electrons. The first-order valence-corrected chi connectivity index (χ1v) is 1.49. The molecule has 6 heavy (non-hydrogen) atoms. The highest BCUT2D eigenvalue weighted by atomic mass is 19.1. The Morgan fingerprint density at radius 3 is 2.83 bits per heavy atom. The third kappa shape index (κ3) is 0.381. The van der Waals surface area contributed by atoms with Gasteiger partial charge in [-0.2, -0.15) is 4.39 Å². The molecule has 0 aliphatic heterocycles. The second kappa shape index (κ2) is 1.08. The van der Waals surface area contributed by atoms with Crippen LogP contribution >= 0.6 is 0 Å². The average Bonchev–Trinajstić information content (AvgIpc) is 1.86. The fraction of sp³-hybridized carbons (Fsp3) is 0. The Bertz CT molecular complexity index is 114. The maximum absolute atomic E-state index is 11.5. The van der Waals surface area contributed by atoms with Gasteiger partial charge >= 0.3 is 0 Å². The largest absolute Gasteiger partial charge is 0.252 e. The van der Waals surface area contributed by atoms with Gasteiger partial charge in [-0.25, -0.2) is 4.52 Å². The van der Waals surface area contributed by atoms with Gasteiger partial charge in [-0.15, -0.1) is 0 Å². The van der Waals surface area contributed by atoms with Crippen LogP contribution in [0.25, 0.3) is 0 Å². The molecule has 0 bridgehead atoms. The van der Waals surface area contributed by atoms with E-state index in [4.69, 9.17) is 0 Å². The Hall–Kier alpha value is -0.860. The van der Waals surface area contributed by atoms with Crippen LogP contribution in [0.15, 0.2) is 17.0 Å². The Morgan fingerprint density at radius 1 is 1.83 bits per heavy atom. The van der Waals surface area contributed by atoms with Crippen molar-refractivity contribution in [3.8, 4) is 0 Å². The van der Waals surface area contributed by atoms with Crippen molar-refractivity contribution in [1.29, 1.82) is 0 Å². The molecule has 1 rings (SSSR count). The smallest absolute Gasteiger partial charge is 0.244 e. The molecule has 0 aliphatic rings. The van der Waals surface area contributed by atoms with E-state index in [2.05, 4.69) is 9.68 Å². The van der Waals surface area contributed by atoms with Gasteiger partial charge in [-0.3, -0.25) is 0 Å². The van der Waals surface area contributed by atoms with Crippen molar-refractivity contribution < 1.29 is 14.1 Å². The lowest BCUT2D eigenvalue weighted by Crippen LogP contribution is -1.88. The van der Waals surface area contributed by atoms with E-state index in [9.17, 15) is 4.39 Å². The number of nitrogens with one attached hydrogen (secondary N) is 1. The number of rotatable bonds is 0. The highest BCUT2D eigenvalue weighted by Gasteiger charge is 1.90. The van der Waals surface area contributed by atoms with Crippen LogP contribution in [0.2, 0.25) is 0 Å². The SMILES string of the molecule is Fc1c[nH+]oc1. The number of H-pyrrole nitrogens is 1. The van der Waals surface area contributed by atoms with Crippen LogP contribution in [-0.2, 0) is 0 Å². The molecule has 0 amide bonds. The minimum atomic E-state index is -0.380. The van der Waals surface area contributed by atoms with Crippen LogP contribution in [-0.4, -0.2) is 0 Å². The molecular formula is C3H3FNO+. The Morgan fingerprint density at radius 2 is 2.67 bits per heavy atom. The lowest BCUT2D eigenvalue weighted by atomic mass is 10.7. The van der Waals surface area contributed by atoms with Crippen LogP contribution < -0.4 is 5.16 Å². The van der Waals surface area contributed by atoms with Crippen LogP contribution in [0.5, 0.6) is 0 Å². The van der Waals surface area contributed by atoms with Crippen LogP contribution in [0.4, 0.5) is 4.39 Å². The second-order valence-electron chi connectivity index (χ2n) is 0.883. The molecule has 0 aliphatic carbocycles. The van der Waals surface area contributed by atoms with Gasteiger partial charge in [-0.1, -0.05) is 0 Å². The summed E-state index contributed by atoms with van der Waals surface area (Å²) in [5.41, 5.74) is 0. The van der Waals surface area contributed by atoms with E-state index in [0.717, 1.165) is 12.5 Å². The summed E-state index contributed by atoms with van der Waals surface area (Å²) in [7, 11) is 0. The third-order valence-electron chi connectivity index (χ3n) is 0.436. The fourth-order valence-corrected chi connectivity index (χ4v) is 0.215. The van der Waals surface area contributed by atoms with Crippen molar-refractivity contribution >= 4 is 0 Å². The molecule has 1 aromatic heterocycles. The van der Waals surface area contributed by atoms with Gasteiger partial charge in [0.15, 0.2) is 0 Å². The molecule has 0 saturated carbocycles. The molecule has 0 atom stereocenters. The molecule has 1 heterocycles. The van der Waals surface area contributed by atoms with Gasteiger partial charge in [0.05, 0.1) is 0 Å². The van der Waals surface area contributed by atoms with Gasteiger partial charge < -0.3 is 0 Å². The number of hydrogen-bond donors (Lipinski definition) is 0. The van der Waals surface area contributed by atoms with E-state index in [1.807, 2.05) is 0 Å². The van der Waals surface area contributed by atoms with E-state index < -0.39 is 0 Å². The molecule has 2 nitrogen and oxygen atoms in total. The molecule has 1 aromatic rings. The Kier molecular flexibility index (Phi) is 0.602. The molecule has 0 fully saturated rings. The van der Waals surface area contributed by atoms with Crippen LogP contribution in [0, 0.1) is 5.82 Å². The number of aromatic nitrogens is 1. The van der Waals surface area contributed by atoms with Crippen molar-refractivity contribution in [2.45, 2.75) is 0 Å². The standard InChI is InChI=1S/C3H2FNO/c4-3-1-5-6-2-3/h1-2H/p+1. The van der Waals surface area contributed by atoms with Gasteiger partial charge in [0.25, 0.3) is 6.20 Å². The average molecular weight is 88.1 g/mol. The van der Waals surface area contributed by atoms with Gasteiger partial charge in [-0.05, 0) is 5.16 Å². The van der Waals surface area contributed by atoms with Crippen LogP contribution in [0.3, 0.4) is 0 Å². The predicted molar refractivity (Wildman–Crippen MR) is 15.2 cm³/mol.